The first kappa shape index (κ1) is 12.4. The van der Waals surface area contributed by atoms with Gasteiger partial charge in [0, 0.05) is 12.0 Å². The minimum Gasteiger partial charge on any atom is -0.481 e. The quantitative estimate of drug-likeness (QED) is 0.407. The van der Waals surface area contributed by atoms with Gasteiger partial charge in [-0.15, -0.1) is 0 Å². The molecule has 0 aliphatic heterocycles. The first-order valence-electron chi connectivity index (χ1n) is 5.68. The van der Waals surface area contributed by atoms with Gasteiger partial charge in [-0.1, -0.05) is 62.1 Å². The molecule has 1 nitrogen and oxygen atoms in total. The van der Waals surface area contributed by atoms with E-state index in [1.165, 1.54) is 12.7 Å². The normalized spacial score (nSPS) is 11.1. The molecule has 0 spiro atoms. The summed E-state index contributed by atoms with van der Waals surface area (Å²) in [6.45, 7) is 5.74. The van der Waals surface area contributed by atoms with Gasteiger partial charge in [-0.05, 0) is 6.42 Å². The number of unbranched alkanes of at least 4 members (excludes halogenated alkanes) is 2. The van der Waals surface area contributed by atoms with E-state index in [1.54, 1.807) is 0 Å². The minimum atomic E-state index is -0.185. The highest BCUT2D eigenvalue weighted by atomic mass is 16.5. The second kappa shape index (κ2) is 7.59. The fourth-order valence-electron chi connectivity index (χ4n) is 1.35. The molecular weight excluding hydrogens is 196 g/mol. The Bertz CT molecular complexity index is 356. The smallest absolute Gasteiger partial charge is 0.183 e. The van der Waals surface area contributed by atoms with Gasteiger partial charge in [0.25, 0.3) is 0 Å². The minimum absolute atomic E-state index is 0.185. The number of hydrogen-bond donors (Lipinski definition) is 0. The van der Waals surface area contributed by atoms with Crippen LogP contribution in [0, 0.1) is 11.8 Å². The standard InChI is InChI=1S/C15H18O/c1-3-5-6-10-13-15(16-4-2)14-11-8-7-9-12-14/h4,7-9,11-12,15H,2-3,5-6H2,1H3/t15-/m1/s1. The lowest BCUT2D eigenvalue weighted by Gasteiger charge is -2.09. The zero-order valence-electron chi connectivity index (χ0n) is 9.78. The zero-order valence-corrected chi connectivity index (χ0v) is 9.78. The number of rotatable bonds is 5. The van der Waals surface area contributed by atoms with Crippen LogP contribution in [0.25, 0.3) is 0 Å². The highest BCUT2D eigenvalue weighted by Crippen LogP contribution is 2.16. The van der Waals surface area contributed by atoms with Crippen LogP contribution in [0.2, 0.25) is 0 Å². The van der Waals surface area contributed by atoms with E-state index in [0.717, 1.165) is 18.4 Å². The van der Waals surface area contributed by atoms with Crippen LogP contribution in [0.3, 0.4) is 0 Å². The second-order valence-corrected chi connectivity index (χ2v) is 3.52. The lowest BCUT2D eigenvalue weighted by Crippen LogP contribution is -1.96. The van der Waals surface area contributed by atoms with Crippen LogP contribution in [0.5, 0.6) is 0 Å². The van der Waals surface area contributed by atoms with Crippen molar-refractivity contribution in [3.63, 3.8) is 0 Å². The predicted octanol–water partition coefficient (Wildman–Crippen LogP) is 4.08. The van der Waals surface area contributed by atoms with Crippen molar-refractivity contribution in [2.75, 3.05) is 0 Å². The SMILES string of the molecule is C=CO[C@H](C#CCCCC)c1ccccc1. The molecule has 16 heavy (non-hydrogen) atoms. The fourth-order valence-corrected chi connectivity index (χ4v) is 1.35. The van der Waals surface area contributed by atoms with E-state index in [9.17, 15) is 0 Å². The molecule has 1 atom stereocenters. The average molecular weight is 214 g/mol. The maximum Gasteiger partial charge on any atom is 0.183 e. The molecule has 1 aromatic rings. The molecule has 0 aromatic heterocycles. The first-order chi connectivity index (χ1) is 7.88. The Hall–Kier alpha value is -1.68. The summed E-state index contributed by atoms with van der Waals surface area (Å²) in [4.78, 5) is 0. The Labute approximate surface area is 98.1 Å². The van der Waals surface area contributed by atoms with E-state index in [1.807, 2.05) is 30.3 Å². The van der Waals surface area contributed by atoms with Crippen LogP contribution >= 0.6 is 0 Å². The molecule has 0 unspecified atom stereocenters. The third kappa shape index (κ3) is 4.23. The Balaban J connectivity index is 2.66. The molecule has 0 aliphatic carbocycles. The fraction of sp³-hybridized carbons (Fsp3) is 0.333. The zero-order chi connectivity index (χ0) is 11.6. The van der Waals surface area contributed by atoms with Crippen molar-refractivity contribution in [1.29, 1.82) is 0 Å². The summed E-state index contributed by atoms with van der Waals surface area (Å²) in [5.74, 6) is 6.28. The highest BCUT2D eigenvalue weighted by Gasteiger charge is 2.05. The van der Waals surface area contributed by atoms with E-state index >= 15 is 0 Å². The maximum absolute atomic E-state index is 5.40. The van der Waals surface area contributed by atoms with Gasteiger partial charge in [-0.25, -0.2) is 0 Å². The van der Waals surface area contributed by atoms with Crippen molar-refractivity contribution in [3.05, 3.63) is 48.7 Å². The molecule has 1 aromatic carbocycles. The molecule has 0 heterocycles. The van der Waals surface area contributed by atoms with Crippen molar-refractivity contribution in [1.82, 2.24) is 0 Å². The van der Waals surface area contributed by atoms with Gasteiger partial charge < -0.3 is 4.74 Å². The van der Waals surface area contributed by atoms with Gasteiger partial charge in [0.05, 0.1) is 6.26 Å². The third-order valence-corrected chi connectivity index (χ3v) is 2.22. The summed E-state index contributed by atoms with van der Waals surface area (Å²) in [5.41, 5.74) is 1.08. The summed E-state index contributed by atoms with van der Waals surface area (Å²) >= 11 is 0. The molecule has 0 bridgehead atoms. The Morgan fingerprint density at radius 3 is 2.75 bits per heavy atom. The van der Waals surface area contributed by atoms with Crippen molar-refractivity contribution in [2.24, 2.45) is 0 Å². The van der Waals surface area contributed by atoms with Gasteiger partial charge in [0.15, 0.2) is 6.10 Å². The van der Waals surface area contributed by atoms with Gasteiger partial charge in [0.1, 0.15) is 0 Å². The summed E-state index contributed by atoms with van der Waals surface area (Å²) in [5, 5.41) is 0. The van der Waals surface area contributed by atoms with Gasteiger partial charge >= 0.3 is 0 Å². The third-order valence-electron chi connectivity index (χ3n) is 2.22. The molecule has 0 radical (unpaired) electrons. The summed E-state index contributed by atoms with van der Waals surface area (Å²) in [6, 6.07) is 10.00. The first-order valence-corrected chi connectivity index (χ1v) is 5.68. The molecule has 0 amide bonds. The number of hydrogen-bond acceptors (Lipinski definition) is 1. The lowest BCUT2D eigenvalue weighted by molar-refractivity contribution is 0.199. The van der Waals surface area contributed by atoms with Crippen molar-refractivity contribution in [2.45, 2.75) is 32.3 Å². The van der Waals surface area contributed by atoms with E-state index in [2.05, 4.69) is 25.3 Å². The molecular formula is C15H18O. The molecule has 0 saturated carbocycles. The van der Waals surface area contributed by atoms with Crippen molar-refractivity contribution < 1.29 is 4.74 Å². The molecule has 0 saturated heterocycles. The predicted molar refractivity (Wildman–Crippen MR) is 67.8 cm³/mol. The van der Waals surface area contributed by atoms with E-state index in [4.69, 9.17) is 4.74 Å². The lowest BCUT2D eigenvalue weighted by atomic mass is 10.1. The molecule has 84 valence electrons. The van der Waals surface area contributed by atoms with Crippen LogP contribution in [0.4, 0.5) is 0 Å². The maximum atomic E-state index is 5.40. The van der Waals surface area contributed by atoms with Crippen LogP contribution in [0.15, 0.2) is 43.2 Å². The number of ether oxygens (including phenoxy) is 1. The molecule has 1 heteroatoms. The Kier molecular flexibility index (Phi) is 5.88. The van der Waals surface area contributed by atoms with Gasteiger partial charge in [-0.3, -0.25) is 0 Å². The molecule has 0 N–H and O–H groups in total. The highest BCUT2D eigenvalue weighted by molar-refractivity contribution is 5.25. The van der Waals surface area contributed by atoms with Crippen LogP contribution in [-0.2, 0) is 4.74 Å². The Morgan fingerprint density at radius 1 is 1.38 bits per heavy atom. The monoisotopic (exact) mass is 214 g/mol. The summed E-state index contributed by atoms with van der Waals surface area (Å²) in [6.07, 6.45) is 4.51. The van der Waals surface area contributed by atoms with E-state index in [0.29, 0.717) is 0 Å². The topological polar surface area (TPSA) is 9.23 Å². The van der Waals surface area contributed by atoms with Gasteiger partial charge in [0.2, 0.25) is 0 Å². The second-order valence-electron chi connectivity index (χ2n) is 3.52. The number of benzene rings is 1. The average Bonchev–Trinajstić information content (AvgIpc) is 2.34. The molecule has 1 rings (SSSR count). The van der Waals surface area contributed by atoms with E-state index in [-0.39, 0.29) is 6.10 Å². The van der Waals surface area contributed by atoms with Crippen LogP contribution in [-0.4, -0.2) is 0 Å². The summed E-state index contributed by atoms with van der Waals surface area (Å²) < 4.78 is 5.40. The van der Waals surface area contributed by atoms with Crippen LogP contribution in [0.1, 0.15) is 37.9 Å². The van der Waals surface area contributed by atoms with Gasteiger partial charge in [-0.2, -0.15) is 0 Å². The van der Waals surface area contributed by atoms with E-state index < -0.39 is 0 Å². The van der Waals surface area contributed by atoms with Crippen molar-refractivity contribution in [3.8, 4) is 11.8 Å². The summed E-state index contributed by atoms with van der Waals surface area (Å²) in [7, 11) is 0. The van der Waals surface area contributed by atoms with Crippen molar-refractivity contribution >= 4 is 0 Å². The Morgan fingerprint density at radius 2 is 2.12 bits per heavy atom. The largest absolute Gasteiger partial charge is 0.481 e. The van der Waals surface area contributed by atoms with Crippen LogP contribution < -0.4 is 0 Å². The molecule has 0 fully saturated rings. The molecule has 0 aliphatic rings.